The van der Waals surface area contributed by atoms with E-state index in [2.05, 4.69) is 5.10 Å². The zero-order valence-corrected chi connectivity index (χ0v) is 9.09. The second-order valence-corrected chi connectivity index (χ2v) is 5.09. The first-order valence-corrected chi connectivity index (χ1v) is 6.34. The molecule has 0 unspecified atom stereocenters. The molecule has 15 heavy (non-hydrogen) atoms. The predicted octanol–water partition coefficient (Wildman–Crippen LogP) is 2.05. The van der Waals surface area contributed by atoms with E-state index in [-0.39, 0.29) is 5.69 Å². The number of carboxylic acids is 1. The molecule has 1 aliphatic carbocycles. The van der Waals surface area contributed by atoms with Crippen molar-refractivity contribution in [3.8, 4) is 0 Å². The Morgan fingerprint density at radius 1 is 1.47 bits per heavy atom. The summed E-state index contributed by atoms with van der Waals surface area (Å²) in [7, 11) is 0. The first-order valence-electron chi connectivity index (χ1n) is 5.18. The van der Waals surface area contributed by atoms with Crippen LogP contribution >= 0.6 is 11.8 Å². The van der Waals surface area contributed by atoms with E-state index in [4.69, 9.17) is 5.11 Å². The maximum Gasteiger partial charge on any atom is 0.356 e. The van der Waals surface area contributed by atoms with Crippen molar-refractivity contribution in [3.05, 3.63) is 17.0 Å². The highest BCUT2D eigenvalue weighted by Crippen LogP contribution is 2.39. The second-order valence-electron chi connectivity index (χ2n) is 4.10. The van der Waals surface area contributed by atoms with Crippen molar-refractivity contribution in [1.29, 1.82) is 0 Å². The monoisotopic (exact) mass is 224 g/mol. The van der Waals surface area contributed by atoms with Crippen LogP contribution in [-0.2, 0) is 11.5 Å². The molecule has 0 amide bonds. The number of carboxylic acid groups (broad SMARTS) is 1. The Bertz CT molecular complexity index is 423. The molecule has 0 saturated heterocycles. The molecule has 0 aromatic carbocycles. The lowest BCUT2D eigenvalue weighted by Crippen LogP contribution is -2.20. The van der Waals surface area contributed by atoms with Gasteiger partial charge in [-0.25, -0.2) is 4.79 Å². The van der Waals surface area contributed by atoms with Crippen LogP contribution in [0.3, 0.4) is 0 Å². The minimum absolute atomic E-state index is 0.280. The standard InChI is InChI=1S/C10H12N2O2S/c13-10(14)9-7-4-15-5-8(7)12(11-9)6-2-1-3-6/h6H,1-5H2,(H,13,14). The van der Waals surface area contributed by atoms with Crippen LogP contribution in [0.5, 0.6) is 0 Å². The predicted molar refractivity (Wildman–Crippen MR) is 57.1 cm³/mol. The van der Waals surface area contributed by atoms with Crippen LogP contribution in [0.1, 0.15) is 47.1 Å². The highest BCUT2D eigenvalue weighted by Gasteiger charge is 2.31. The van der Waals surface area contributed by atoms with E-state index in [1.165, 1.54) is 6.42 Å². The van der Waals surface area contributed by atoms with E-state index >= 15 is 0 Å². The highest BCUT2D eigenvalue weighted by molar-refractivity contribution is 7.98. The van der Waals surface area contributed by atoms with Crippen molar-refractivity contribution in [1.82, 2.24) is 9.78 Å². The molecule has 1 fully saturated rings. The first-order chi connectivity index (χ1) is 7.27. The lowest BCUT2D eigenvalue weighted by Gasteiger charge is -2.27. The number of fused-ring (bicyclic) bond motifs is 1. The van der Waals surface area contributed by atoms with Crippen LogP contribution < -0.4 is 0 Å². The van der Waals surface area contributed by atoms with Crippen LogP contribution in [0.15, 0.2) is 0 Å². The number of aromatic carboxylic acids is 1. The summed E-state index contributed by atoms with van der Waals surface area (Å²) in [5.41, 5.74) is 2.39. The van der Waals surface area contributed by atoms with Gasteiger partial charge in [0, 0.05) is 17.1 Å². The Labute approximate surface area is 91.7 Å². The van der Waals surface area contributed by atoms with Crippen molar-refractivity contribution in [3.63, 3.8) is 0 Å². The fourth-order valence-electron chi connectivity index (χ4n) is 2.16. The Balaban J connectivity index is 2.07. The van der Waals surface area contributed by atoms with Crippen LogP contribution in [0.2, 0.25) is 0 Å². The Kier molecular flexibility index (Phi) is 2.02. The second kappa shape index (κ2) is 3.27. The average molecular weight is 224 g/mol. The van der Waals surface area contributed by atoms with Gasteiger partial charge in [0.15, 0.2) is 5.69 Å². The number of hydrogen-bond acceptors (Lipinski definition) is 3. The topological polar surface area (TPSA) is 55.1 Å². The number of thioether (sulfide) groups is 1. The molecule has 0 atom stereocenters. The summed E-state index contributed by atoms with van der Waals surface area (Å²) in [6.07, 6.45) is 3.55. The van der Waals surface area contributed by atoms with Crippen LogP contribution in [0.25, 0.3) is 0 Å². The quantitative estimate of drug-likeness (QED) is 0.835. The molecule has 1 aromatic rings. The zero-order valence-electron chi connectivity index (χ0n) is 8.27. The molecule has 2 aliphatic rings. The third-order valence-corrected chi connectivity index (χ3v) is 4.20. The summed E-state index contributed by atoms with van der Waals surface area (Å²) in [4.78, 5) is 11.0. The molecule has 0 bridgehead atoms. The summed E-state index contributed by atoms with van der Waals surface area (Å²) >= 11 is 1.78. The number of rotatable bonds is 2. The van der Waals surface area contributed by atoms with Gasteiger partial charge in [0.1, 0.15) is 0 Å². The van der Waals surface area contributed by atoms with Crippen molar-refractivity contribution in [2.24, 2.45) is 0 Å². The molecule has 5 heteroatoms. The minimum atomic E-state index is -0.883. The summed E-state index contributed by atoms with van der Waals surface area (Å²) in [6.45, 7) is 0. The van der Waals surface area contributed by atoms with Gasteiger partial charge in [-0.1, -0.05) is 0 Å². The maximum atomic E-state index is 11.0. The Morgan fingerprint density at radius 2 is 2.27 bits per heavy atom. The fraction of sp³-hybridized carbons (Fsp3) is 0.600. The summed E-state index contributed by atoms with van der Waals surface area (Å²) in [5, 5.41) is 13.3. The fourth-order valence-corrected chi connectivity index (χ4v) is 3.27. The molecule has 1 saturated carbocycles. The molecule has 1 N–H and O–H groups in total. The van der Waals surface area contributed by atoms with Crippen molar-refractivity contribution >= 4 is 17.7 Å². The van der Waals surface area contributed by atoms with Gasteiger partial charge in [0.25, 0.3) is 0 Å². The van der Waals surface area contributed by atoms with Gasteiger partial charge in [-0.05, 0) is 19.3 Å². The highest BCUT2D eigenvalue weighted by atomic mass is 32.2. The van der Waals surface area contributed by atoms with Gasteiger partial charge >= 0.3 is 5.97 Å². The summed E-state index contributed by atoms with van der Waals surface area (Å²) < 4.78 is 1.97. The molecule has 1 aliphatic heterocycles. The SMILES string of the molecule is O=C(O)c1nn(C2CCC2)c2c1CSC2. The Morgan fingerprint density at radius 3 is 2.87 bits per heavy atom. The molecular weight excluding hydrogens is 212 g/mol. The van der Waals surface area contributed by atoms with E-state index in [0.717, 1.165) is 35.6 Å². The molecule has 1 aromatic heterocycles. The minimum Gasteiger partial charge on any atom is -0.476 e. The van der Waals surface area contributed by atoms with Gasteiger partial charge < -0.3 is 5.11 Å². The van der Waals surface area contributed by atoms with Gasteiger partial charge in [0.05, 0.1) is 11.7 Å². The van der Waals surface area contributed by atoms with Crippen molar-refractivity contribution in [2.45, 2.75) is 36.8 Å². The van der Waals surface area contributed by atoms with Crippen molar-refractivity contribution in [2.75, 3.05) is 0 Å². The maximum absolute atomic E-state index is 11.0. The summed E-state index contributed by atoms with van der Waals surface area (Å²) in [6, 6.07) is 0.463. The molecule has 4 nitrogen and oxygen atoms in total. The molecule has 3 rings (SSSR count). The third-order valence-electron chi connectivity index (χ3n) is 3.23. The Hall–Kier alpha value is -0.970. The summed E-state index contributed by atoms with van der Waals surface area (Å²) in [5.74, 6) is 0.849. The molecule has 2 heterocycles. The van der Waals surface area contributed by atoms with Crippen LogP contribution in [-0.4, -0.2) is 20.9 Å². The third kappa shape index (κ3) is 1.29. The number of aromatic nitrogens is 2. The van der Waals surface area contributed by atoms with Crippen LogP contribution in [0, 0.1) is 0 Å². The smallest absolute Gasteiger partial charge is 0.356 e. The van der Waals surface area contributed by atoms with E-state index in [1.54, 1.807) is 11.8 Å². The lowest BCUT2D eigenvalue weighted by atomic mass is 9.93. The van der Waals surface area contributed by atoms with E-state index in [0.29, 0.717) is 6.04 Å². The number of hydrogen-bond donors (Lipinski definition) is 1. The van der Waals surface area contributed by atoms with Gasteiger partial charge in [-0.3, -0.25) is 4.68 Å². The molecule has 0 radical (unpaired) electrons. The normalized spacial score (nSPS) is 20.0. The lowest BCUT2D eigenvalue weighted by molar-refractivity contribution is 0.0687. The van der Waals surface area contributed by atoms with Crippen molar-refractivity contribution < 1.29 is 9.90 Å². The van der Waals surface area contributed by atoms with E-state index < -0.39 is 5.97 Å². The van der Waals surface area contributed by atoms with Gasteiger partial charge in [0.2, 0.25) is 0 Å². The zero-order chi connectivity index (χ0) is 10.4. The average Bonchev–Trinajstić information content (AvgIpc) is 2.63. The largest absolute Gasteiger partial charge is 0.476 e. The van der Waals surface area contributed by atoms with Crippen LogP contribution in [0.4, 0.5) is 0 Å². The van der Waals surface area contributed by atoms with Gasteiger partial charge in [-0.2, -0.15) is 16.9 Å². The number of carbonyl (C=O) groups is 1. The molecular formula is C10H12N2O2S. The first kappa shape index (κ1) is 9.27. The van der Waals surface area contributed by atoms with E-state index in [1.807, 2.05) is 4.68 Å². The number of nitrogens with zero attached hydrogens (tertiary/aromatic N) is 2. The molecule has 0 spiro atoms. The molecule has 80 valence electrons. The van der Waals surface area contributed by atoms with Gasteiger partial charge in [-0.15, -0.1) is 0 Å². The van der Waals surface area contributed by atoms with E-state index in [9.17, 15) is 4.79 Å².